The Morgan fingerprint density at radius 1 is 1.26 bits per heavy atom. The molecule has 0 atom stereocenters. The Morgan fingerprint density at radius 2 is 2.05 bits per heavy atom. The van der Waals surface area contributed by atoms with Gasteiger partial charge in [0.2, 0.25) is 0 Å². The van der Waals surface area contributed by atoms with Gasteiger partial charge in [-0.2, -0.15) is 0 Å². The van der Waals surface area contributed by atoms with Gasteiger partial charge in [0.25, 0.3) is 0 Å². The fraction of sp³-hybridized carbons (Fsp3) is 0.214. The number of nitrogens with two attached hydrogens (primary N) is 1. The van der Waals surface area contributed by atoms with Crippen molar-refractivity contribution >= 4 is 23.2 Å². The maximum absolute atomic E-state index is 6.17. The topological polar surface area (TPSA) is 48.1 Å². The van der Waals surface area contributed by atoms with Crippen LogP contribution in [0.4, 0.5) is 0 Å². The standard InChI is InChI=1S/C14H14Cl2N2O/c1-2-19-14-8-18-13(5-9(14)7-17)11-4-3-10(15)6-12(11)16/h3-6,8H,2,7,17H2,1H3. The first-order valence-electron chi connectivity index (χ1n) is 5.93. The maximum Gasteiger partial charge on any atom is 0.142 e. The lowest BCUT2D eigenvalue weighted by molar-refractivity contribution is 0.335. The van der Waals surface area contributed by atoms with Crippen molar-refractivity contribution in [1.29, 1.82) is 0 Å². The first-order chi connectivity index (χ1) is 9.15. The van der Waals surface area contributed by atoms with Crippen LogP contribution >= 0.6 is 23.2 Å². The van der Waals surface area contributed by atoms with E-state index in [2.05, 4.69) is 4.98 Å². The fourth-order valence-electron chi connectivity index (χ4n) is 1.77. The van der Waals surface area contributed by atoms with Crippen LogP contribution in [0.25, 0.3) is 11.3 Å². The summed E-state index contributed by atoms with van der Waals surface area (Å²) >= 11 is 12.1. The number of hydrogen-bond acceptors (Lipinski definition) is 3. The van der Waals surface area contributed by atoms with Crippen LogP contribution in [0.3, 0.4) is 0 Å². The molecule has 2 aromatic rings. The zero-order valence-corrected chi connectivity index (χ0v) is 12.0. The molecule has 0 bridgehead atoms. The quantitative estimate of drug-likeness (QED) is 0.930. The predicted molar refractivity (Wildman–Crippen MR) is 78.8 cm³/mol. The molecule has 3 nitrogen and oxygen atoms in total. The molecule has 19 heavy (non-hydrogen) atoms. The van der Waals surface area contributed by atoms with E-state index in [0.717, 1.165) is 16.8 Å². The summed E-state index contributed by atoms with van der Waals surface area (Å²) in [5.74, 6) is 0.707. The predicted octanol–water partition coefficient (Wildman–Crippen LogP) is 3.91. The van der Waals surface area contributed by atoms with Gasteiger partial charge < -0.3 is 10.5 Å². The minimum absolute atomic E-state index is 0.385. The van der Waals surface area contributed by atoms with Crippen LogP contribution in [-0.4, -0.2) is 11.6 Å². The Balaban J connectivity index is 2.45. The minimum atomic E-state index is 0.385. The Labute approximate surface area is 122 Å². The first-order valence-corrected chi connectivity index (χ1v) is 6.68. The lowest BCUT2D eigenvalue weighted by atomic mass is 10.1. The van der Waals surface area contributed by atoms with Gasteiger partial charge in [-0.15, -0.1) is 0 Å². The Morgan fingerprint density at radius 3 is 2.68 bits per heavy atom. The molecule has 1 heterocycles. The van der Waals surface area contributed by atoms with E-state index in [9.17, 15) is 0 Å². The number of rotatable bonds is 4. The molecule has 1 aromatic heterocycles. The van der Waals surface area contributed by atoms with Crippen molar-refractivity contribution in [2.45, 2.75) is 13.5 Å². The highest BCUT2D eigenvalue weighted by Crippen LogP contribution is 2.31. The minimum Gasteiger partial charge on any atom is -0.492 e. The lowest BCUT2D eigenvalue weighted by Crippen LogP contribution is -2.03. The summed E-state index contributed by atoms with van der Waals surface area (Å²) in [4.78, 5) is 4.36. The highest BCUT2D eigenvalue weighted by atomic mass is 35.5. The second kappa shape index (κ2) is 6.24. The molecule has 0 aliphatic carbocycles. The van der Waals surface area contributed by atoms with E-state index in [1.54, 1.807) is 18.3 Å². The normalized spacial score (nSPS) is 10.5. The van der Waals surface area contributed by atoms with Crippen LogP contribution in [0.5, 0.6) is 5.75 Å². The van der Waals surface area contributed by atoms with Crippen LogP contribution in [0.2, 0.25) is 10.0 Å². The van der Waals surface area contributed by atoms with Crippen molar-refractivity contribution < 1.29 is 4.74 Å². The molecular weight excluding hydrogens is 283 g/mol. The summed E-state index contributed by atoms with van der Waals surface area (Å²) in [5.41, 5.74) is 8.21. The third kappa shape index (κ3) is 3.18. The second-order valence-electron chi connectivity index (χ2n) is 3.94. The Kier molecular flexibility index (Phi) is 4.64. The lowest BCUT2D eigenvalue weighted by Gasteiger charge is -2.11. The number of pyridine rings is 1. The maximum atomic E-state index is 6.17. The monoisotopic (exact) mass is 296 g/mol. The summed E-state index contributed by atoms with van der Waals surface area (Å²) in [6, 6.07) is 7.20. The third-order valence-electron chi connectivity index (χ3n) is 2.68. The molecule has 0 amide bonds. The Hall–Kier alpha value is -1.29. The average molecular weight is 297 g/mol. The van der Waals surface area contributed by atoms with Crippen LogP contribution < -0.4 is 10.5 Å². The fourth-order valence-corrected chi connectivity index (χ4v) is 2.28. The molecule has 1 aromatic carbocycles. The number of hydrogen-bond donors (Lipinski definition) is 1. The average Bonchev–Trinajstić information content (AvgIpc) is 2.40. The number of ether oxygens (including phenoxy) is 1. The molecule has 0 aliphatic heterocycles. The smallest absolute Gasteiger partial charge is 0.142 e. The molecule has 0 spiro atoms. The summed E-state index contributed by atoms with van der Waals surface area (Å²) in [5, 5.41) is 1.16. The van der Waals surface area contributed by atoms with E-state index >= 15 is 0 Å². The van der Waals surface area contributed by atoms with Crippen molar-refractivity contribution in [3.8, 4) is 17.0 Å². The summed E-state index contributed by atoms with van der Waals surface area (Å²) < 4.78 is 5.47. The van der Waals surface area contributed by atoms with Gasteiger partial charge in [0, 0.05) is 22.7 Å². The third-order valence-corrected chi connectivity index (χ3v) is 3.22. The first kappa shape index (κ1) is 14.1. The molecule has 100 valence electrons. The van der Waals surface area contributed by atoms with E-state index in [0.29, 0.717) is 28.9 Å². The number of aromatic nitrogens is 1. The van der Waals surface area contributed by atoms with Crippen molar-refractivity contribution in [3.63, 3.8) is 0 Å². The van der Waals surface area contributed by atoms with Gasteiger partial charge in [0.1, 0.15) is 5.75 Å². The van der Waals surface area contributed by atoms with E-state index in [-0.39, 0.29) is 0 Å². The zero-order valence-electron chi connectivity index (χ0n) is 10.5. The van der Waals surface area contributed by atoms with Crippen molar-refractivity contribution in [1.82, 2.24) is 4.98 Å². The summed E-state index contributed by atoms with van der Waals surface area (Å²) in [7, 11) is 0. The molecule has 2 rings (SSSR count). The SMILES string of the molecule is CCOc1cnc(-c2ccc(Cl)cc2Cl)cc1CN. The molecule has 0 saturated heterocycles. The van der Waals surface area contributed by atoms with Crippen molar-refractivity contribution in [2.75, 3.05) is 6.61 Å². The zero-order chi connectivity index (χ0) is 13.8. The van der Waals surface area contributed by atoms with Gasteiger partial charge in [-0.1, -0.05) is 23.2 Å². The van der Waals surface area contributed by atoms with Crippen LogP contribution in [0, 0.1) is 0 Å². The van der Waals surface area contributed by atoms with E-state index in [1.165, 1.54) is 0 Å². The van der Waals surface area contributed by atoms with Gasteiger partial charge in [0.05, 0.1) is 23.5 Å². The van der Waals surface area contributed by atoms with Crippen molar-refractivity contribution in [2.24, 2.45) is 5.73 Å². The highest BCUT2D eigenvalue weighted by Gasteiger charge is 2.09. The van der Waals surface area contributed by atoms with Crippen LogP contribution in [0.15, 0.2) is 30.5 Å². The molecule has 0 unspecified atom stereocenters. The van der Waals surface area contributed by atoms with E-state index < -0.39 is 0 Å². The molecule has 0 fully saturated rings. The Bertz CT molecular complexity index is 588. The van der Waals surface area contributed by atoms with Gasteiger partial charge in [-0.05, 0) is 31.2 Å². The summed E-state index contributed by atoms with van der Waals surface area (Å²) in [6.45, 7) is 2.88. The van der Waals surface area contributed by atoms with Crippen LogP contribution in [0.1, 0.15) is 12.5 Å². The molecule has 2 N–H and O–H groups in total. The number of halogens is 2. The highest BCUT2D eigenvalue weighted by molar-refractivity contribution is 6.36. The van der Waals surface area contributed by atoms with Gasteiger partial charge in [0.15, 0.2) is 0 Å². The molecule has 0 aliphatic rings. The molecule has 0 radical (unpaired) electrons. The second-order valence-corrected chi connectivity index (χ2v) is 4.78. The number of nitrogens with zero attached hydrogens (tertiary/aromatic N) is 1. The van der Waals surface area contributed by atoms with E-state index in [4.69, 9.17) is 33.7 Å². The van der Waals surface area contributed by atoms with Crippen LogP contribution in [-0.2, 0) is 6.54 Å². The van der Waals surface area contributed by atoms with Gasteiger partial charge in [-0.25, -0.2) is 0 Å². The number of benzene rings is 1. The molecule has 0 saturated carbocycles. The molecule has 5 heteroatoms. The van der Waals surface area contributed by atoms with Crippen molar-refractivity contribution in [3.05, 3.63) is 46.1 Å². The van der Waals surface area contributed by atoms with E-state index in [1.807, 2.05) is 19.1 Å². The van der Waals surface area contributed by atoms with Gasteiger partial charge in [-0.3, -0.25) is 4.98 Å². The molecular formula is C14H14Cl2N2O. The van der Waals surface area contributed by atoms with Gasteiger partial charge >= 0.3 is 0 Å². The largest absolute Gasteiger partial charge is 0.492 e. The summed E-state index contributed by atoms with van der Waals surface area (Å²) in [6.07, 6.45) is 1.67.